The van der Waals surface area contributed by atoms with E-state index in [1.54, 1.807) is 0 Å². The lowest BCUT2D eigenvalue weighted by Crippen LogP contribution is -2.55. The van der Waals surface area contributed by atoms with Crippen LogP contribution in [0.3, 0.4) is 0 Å². The maximum absolute atomic E-state index is 12.2. The van der Waals surface area contributed by atoms with Crippen molar-refractivity contribution in [2.24, 2.45) is 5.92 Å². The summed E-state index contributed by atoms with van der Waals surface area (Å²) in [6.07, 6.45) is 1.11. The number of benzene rings is 1. The number of carbonyl (C=O) groups excluding carboxylic acids is 1. The zero-order valence-corrected chi connectivity index (χ0v) is 12.6. The van der Waals surface area contributed by atoms with Crippen molar-refractivity contribution < 1.29 is 4.79 Å². The van der Waals surface area contributed by atoms with Gasteiger partial charge < -0.3 is 10.6 Å². The molecule has 1 aliphatic heterocycles. The monoisotopic (exact) mass is 282 g/mol. The van der Waals surface area contributed by atoms with Gasteiger partial charge in [0.2, 0.25) is 0 Å². The number of hydrogen-bond donors (Lipinski definition) is 2. The van der Waals surface area contributed by atoms with Crippen molar-refractivity contribution in [2.75, 3.05) is 6.54 Å². The fourth-order valence-corrected chi connectivity index (χ4v) is 2.63. The molecule has 19 heavy (non-hydrogen) atoms. The van der Waals surface area contributed by atoms with Gasteiger partial charge in [0.25, 0.3) is 5.91 Å². The quantitative estimate of drug-likeness (QED) is 0.875. The number of hydrogen-bond acceptors (Lipinski definition) is 2. The predicted molar refractivity (Wildman–Crippen MR) is 80.9 cm³/mol. The molecule has 0 aromatic heterocycles. The van der Waals surface area contributed by atoms with Gasteiger partial charge in [0.1, 0.15) is 0 Å². The first-order valence-corrected chi connectivity index (χ1v) is 6.69. The lowest BCUT2D eigenvalue weighted by atomic mass is 9.89. The summed E-state index contributed by atoms with van der Waals surface area (Å²) in [5, 5.41) is 6.58. The lowest BCUT2D eigenvalue weighted by Gasteiger charge is -2.36. The smallest absolute Gasteiger partial charge is 0.251 e. The van der Waals surface area contributed by atoms with Gasteiger partial charge in [-0.2, -0.15) is 0 Å². The molecule has 3 nitrogen and oxygen atoms in total. The minimum absolute atomic E-state index is 0. The second-order valence-corrected chi connectivity index (χ2v) is 5.38. The summed E-state index contributed by atoms with van der Waals surface area (Å²) in [5.74, 6) is 0.557. The summed E-state index contributed by atoms with van der Waals surface area (Å²) in [6.45, 7) is 7.39. The zero-order valence-electron chi connectivity index (χ0n) is 11.8. The summed E-state index contributed by atoms with van der Waals surface area (Å²) >= 11 is 0. The van der Waals surface area contributed by atoms with Crippen molar-refractivity contribution in [3.63, 3.8) is 0 Å². The van der Waals surface area contributed by atoms with Gasteiger partial charge in [-0.05, 0) is 44.9 Å². The molecule has 4 heteroatoms. The molecular weight excluding hydrogens is 260 g/mol. The van der Waals surface area contributed by atoms with Crippen LogP contribution in [0.2, 0.25) is 0 Å². The van der Waals surface area contributed by atoms with Gasteiger partial charge in [0, 0.05) is 17.6 Å². The molecule has 3 atom stereocenters. The van der Waals surface area contributed by atoms with E-state index in [1.165, 1.54) is 0 Å². The van der Waals surface area contributed by atoms with Gasteiger partial charge >= 0.3 is 0 Å². The van der Waals surface area contributed by atoms with E-state index in [4.69, 9.17) is 0 Å². The van der Waals surface area contributed by atoms with Gasteiger partial charge in [-0.1, -0.05) is 24.6 Å². The molecule has 2 rings (SSSR count). The molecule has 1 amide bonds. The number of carbonyl (C=O) groups is 1. The molecule has 3 unspecified atom stereocenters. The number of aryl methyl sites for hydroxylation is 1. The van der Waals surface area contributed by atoms with Crippen molar-refractivity contribution in [3.05, 3.63) is 35.4 Å². The van der Waals surface area contributed by atoms with E-state index < -0.39 is 0 Å². The van der Waals surface area contributed by atoms with Gasteiger partial charge in [0.05, 0.1) is 0 Å². The third-order valence-electron chi connectivity index (χ3n) is 3.80. The van der Waals surface area contributed by atoms with Crippen LogP contribution in [0, 0.1) is 12.8 Å². The largest absolute Gasteiger partial charge is 0.347 e. The summed E-state index contributed by atoms with van der Waals surface area (Å²) in [4.78, 5) is 12.2. The van der Waals surface area contributed by atoms with Crippen LogP contribution in [0.4, 0.5) is 0 Å². The van der Waals surface area contributed by atoms with Crippen LogP contribution in [-0.4, -0.2) is 24.5 Å². The summed E-state index contributed by atoms with van der Waals surface area (Å²) < 4.78 is 0. The second kappa shape index (κ2) is 6.92. The highest BCUT2D eigenvalue weighted by molar-refractivity contribution is 5.94. The molecule has 0 spiro atoms. The van der Waals surface area contributed by atoms with Crippen molar-refractivity contribution in [1.82, 2.24) is 10.6 Å². The highest BCUT2D eigenvalue weighted by Gasteiger charge is 2.28. The Morgan fingerprint density at radius 1 is 1.37 bits per heavy atom. The first-order valence-electron chi connectivity index (χ1n) is 6.69. The Kier molecular flexibility index (Phi) is 5.83. The number of halogens is 1. The molecule has 0 radical (unpaired) electrons. The Morgan fingerprint density at radius 3 is 2.74 bits per heavy atom. The molecule has 1 aromatic carbocycles. The minimum Gasteiger partial charge on any atom is -0.347 e. The van der Waals surface area contributed by atoms with Crippen molar-refractivity contribution in [2.45, 2.75) is 39.3 Å². The van der Waals surface area contributed by atoms with Crippen LogP contribution in [0.1, 0.15) is 36.2 Å². The van der Waals surface area contributed by atoms with Crippen molar-refractivity contribution >= 4 is 18.3 Å². The minimum atomic E-state index is 0. The highest BCUT2D eigenvalue weighted by atomic mass is 35.5. The maximum Gasteiger partial charge on any atom is 0.251 e. The summed E-state index contributed by atoms with van der Waals surface area (Å²) in [6, 6.07) is 8.28. The molecule has 0 aliphatic carbocycles. The van der Waals surface area contributed by atoms with E-state index in [-0.39, 0.29) is 24.4 Å². The van der Waals surface area contributed by atoms with Crippen LogP contribution in [0.5, 0.6) is 0 Å². The molecule has 1 aromatic rings. The van der Waals surface area contributed by atoms with Crippen molar-refractivity contribution in [3.8, 4) is 0 Å². The molecule has 1 aliphatic rings. The molecule has 0 saturated carbocycles. The number of rotatable bonds is 2. The van der Waals surface area contributed by atoms with Crippen LogP contribution >= 0.6 is 12.4 Å². The van der Waals surface area contributed by atoms with Crippen molar-refractivity contribution in [1.29, 1.82) is 0 Å². The Hall–Kier alpha value is -1.06. The zero-order chi connectivity index (χ0) is 13.1. The fraction of sp³-hybridized carbons (Fsp3) is 0.533. The molecule has 0 bridgehead atoms. The molecular formula is C15H23ClN2O. The Balaban J connectivity index is 0.00000180. The predicted octanol–water partition coefficient (Wildman–Crippen LogP) is 2.53. The average Bonchev–Trinajstić information content (AvgIpc) is 2.34. The normalized spacial score (nSPS) is 26.4. The molecule has 1 fully saturated rings. The van der Waals surface area contributed by atoms with Crippen LogP contribution in [0.25, 0.3) is 0 Å². The van der Waals surface area contributed by atoms with Crippen LogP contribution < -0.4 is 10.6 Å². The van der Waals surface area contributed by atoms with Gasteiger partial charge in [0.15, 0.2) is 0 Å². The third-order valence-corrected chi connectivity index (χ3v) is 3.80. The van der Waals surface area contributed by atoms with E-state index in [2.05, 4.69) is 24.5 Å². The topological polar surface area (TPSA) is 41.1 Å². The summed E-state index contributed by atoms with van der Waals surface area (Å²) in [5.41, 5.74) is 1.87. The lowest BCUT2D eigenvalue weighted by molar-refractivity contribution is 0.0897. The molecule has 2 N–H and O–H groups in total. The number of nitrogens with one attached hydrogen (secondary N) is 2. The Morgan fingerprint density at radius 2 is 2.11 bits per heavy atom. The van der Waals surface area contributed by atoms with Gasteiger partial charge in [-0.3, -0.25) is 4.79 Å². The maximum atomic E-state index is 12.2. The summed E-state index contributed by atoms with van der Waals surface area (Å²) in [7, 11) is 0. The molecule has 106 valence electrons. The van der Waals surface area contributed by atoms with E-state index in [0.29, 0.717) is 12.0 Å². The number of amides is 1. The Labute approximate surface area is 121 Å². The average molecular weight is 283 g/mol. The second-order valence-electron chi connectivity index (χ2n) is 5.38. The third kappa shape index (κ3) is 3.95. The SMILES string of the molecule is Cc1cccc(C(=O)NC2C(C)CCNC2C)c1.Cl. The molecule has 1 heterocycles. The van der Waals surface area contributed by atoms with E-state index in [0.717, 1.165) is 24.1 Å². The van der Waals surface area contributed by atoms with E-state index in [1.807, 2.05) is 31.2 Å². The molecule has 1 saturated heterocycles. The first kappa shape index (κ1) is 16.0. The van der Waals surface area contributed by atoms with Gasteiger partial charge in [-0.15, -0.1) is 12.4 Å². The standard InChI is InChI=1S/C15H22N2O.ClH/c1-10-5-4-6-13(9-10)15(18)17-14-11(2)7-8-16-12(14)3;/h4-6,9,11-12,14,16H,7-8H2,1-3H3,(H,17,18);1H. The van der Waals surface area contributed by atoms with E-state index >= 15 is 0 Å². The number of piperidine rings is 1. The van der Waals surface area contributed by atoms with E-state index in [9.17, 15) is 4.79 Å². The van der Waals surface area contributed by atoms with Gasteiger partial charge in [-0.25, -0.2) is 0 Å². The van der Waals surface area contributed by atoms with Crippen LogP contribution in [0.15, 0.2) is 24.3 Å². The fourth-order valence-electron chi connectivity index (χ4n) is 2.63. The highest BCUT2D eigenvalue weighted by Crippen LogP contribution is 2.17. The Bertz CT molecular complexity index is 426. The first-order chi connectivity index (χ1) is 8.58. The van der Waals surface area contributed by atoms with Crippen LogP contribution in [-0.2, 0) is 0 Å².